The monoisotopic (exact) mass is 508 g/mol. The zero-order chi connectivity index (χ0) is 24.8. The summed E-state index contributed by atoms with van der Waals surface area (Å²) in [5, 5.41) is 3.98. The van der Waals surface area contributed by atoms with E-state index >= 15 is 0 Å². The van der Waals surface area contributed by atoms with E-state index in [0.717, 1.165) is 24.0 Å². The van der Waals surface area contributed by atoms with Gasteiger partial charge in [-0.05, 0) is 60.5 Å². The van der Waals surface area contributed by atoms with Gasteiger partial charge in [0.25, 0.3) is 5.91 Å². The first-order chi connectivity index (χ1) is 16.9. The minimum absolute atomic E-state index is 0.0868. The molecule has 0 aliphatic carbocycles. The summed E-state index contributed by atoms with van der Waals surface area (Å²) in [4.78, 5) is 22.2. The maximum Gasteiger partial charge on any atom is 0.252 e. The fraction of sp³-hybridized carbons (Fsp3) is 0.192. The molecule has 2 aromatic heterocycles. The number of carbonyl (C=O) groups is 1. The molecule has 4 rings (SSSR count). The topological polar surface area (TPSA) is 101 Å². The minimum atomic E-state index is -3.72. The molecule has 0 saturated carbocycles. The van der Waals surface area contributed by atoms with Crippen molar-refractivity contribution in [1.82, 2.24) is 20.0 Å². The Morgan fingerprint density at radius 2 is 1.86 bits per heavy atom. The fourth-order valence-electron chi connectivity index (χ4n) is 3.57. The van der Waals surface area contributed by atoms with Crippen molar-refractivity contribution in [3.05, 3.63) is 89.2 Å². The third-order valence-corrected chi connectivity index (χ3v) is 7.19. The number of carbonyl (C=O) groups excluding carboxylic acids is 1. The van der Waals surface area contributed by atoms with Gasteiger partial charge >= 0.3 is 0 Å². The number of nitrogens with one attached hydrogen (secondary N) is 2. The highest BCUT2D eigenvalue weighted by atomic mass is 35.5. The number of amides is 1. The van der Waals surface area contributed by atoms with E-state index < -0.39 is 10.0 Å². The van der Waals surface area contributed by atoms with Crippen molar-refractivity contribution in [2.75, 3.05) is 6.54 Å². The van der Waals surface area contributed by atoms with Crippen molar-refractivity contribution < 1.29 is 13.2 Å². The molecule has 1 amide bonds. The van der Waals surface area contributed by atoms with Gasteiger partial charge in [-0.3, -0.25) is 9.78 Å². The van der Waals surface area contributed by atoms with Crippen molar-refractivity contribution in [2.45, 2.75) is 31.2 Å². The first-order valence-corrected chi connectivity index (χ1v) is 13.1. The van der Waals surface area contributed by atoms with Gasteiger partial charge in [-0.25, -0.2) is 18.1 Å². The van der Waals surface area contributed by atoms with Gasteiger partial charge in [-0.15, -0.1) is 0 Å². The summed E-state index contributed by atoms with van der Waals surface area (Å²) < 4.78 is 28.2. The Labute approximate surface area is 209 Å². The van der Waals surface area contributed by atoms with E-state index in [4.69, 9.17) is 11.6 Å². The predicted molar refractivity (Wildman–Crippen MR) is 138 cm³/mol. The average molecular weight is 509 g/mol. The summed E-state index contributed by atoms with van der Waals surface area (Å²) in [6.45, 7) is 2.63. The Balaban J connectivity index is 1.74. The maximum atomic E-state index is 13.3. The summed E-state index contributed by atoms with van der Waals surface area (Å²) >= 11 is 5.95. The highest BCUT2D eigenvalue weighted by Gasteiger charge is 2.19. The van der Waals surface area contributed by atoms with Crippen LogP contribution in [0.4, 0.5) is 0 Å². The number of aromatic nitrogens is 2. The molecule has 35 heavy (non-hydrogen) atoms. The van der Waals surface area contributed by atoms with E-state index in [2.05, 4.69) is 20.0 Å². The number of halogens is 1. The SMILES string of the molecule is CCCCNS(=O)(=O)c1ccc2nc(-c3cccnc3)cc(C(=O)NCc3ccc(Cl)cc3)c2c1. The molecule has 2 heterocycles. The number of rotatable bonds is 9. The van der Waals surface area contributed by atoms with Gasteiger partial charge in [0.05, 0.1) is 21.7 Å². The lowest BCUT2D eigenvalue weighted by Gasteiger charge is -2.13. The molecule has 0 aliphatic rings. The summed E-state index contributed by atoms with van der Waals surface area (Å²) in [5.74, 6) is -0.342. The standard InChI is InChI=1S/C26H25ClN4O3S/c1-2-3-13-30-35(33,34)21-10-11-24-22(14-21)23(15-25(31-24)19-5-4-12-28-17-19)26(32)29-16-18-6-8-20(27)9-7-18/h4-12,14-15,17,30H,2-3,13,16H2,1H3,(H,29,32). The average Bonchev–Trinajstić information content (AvgIpc) is 2.87. The Hall–Kier alpha value is -3.33. The molecular formula is C26H25ClN4O3S. The fourth-order valence-corrected chi connectivity index (χ4v) is 4.79. The van der Waals surface area contributed by atoms with Gasteiger partial charge in [-0.2, -0.15) is 0 Å². The van der Waals surface area contributed by atoms with E-state index in [1.165, 1.54) is 12.1 Å². The number of fused-ring (bicyclic) bond motifs is 1. The molecule has 180 valence electrons. The van der Waals surface area contributed by atoms with E-state index in [1.54, 1.807) is 42.7 Å². The van der Waals surface area contributed by atoms with Gasteiger partial charge in [-0.1, -0.05) is 37.1 Å². The summed E-state index contributed by atoms with van der Waals surface area (Å²) in [7, 11) is -3.72. The largest absolute Gasteiger partial charge is 0.348 e. The van der Waals surface area contributed by atoms with Gasteiger partial charge < -0.3 is 5.32 Å². The molecule has 0 spiro atoms. The summed E-state index contributed by atoms with van der Waals surface area (Å²) in [5.41, 5.74) is 3.04. The van der Waals surface area contributed by atoms with E-state index in [9.17, 15) is 13.2 Å². The Bertz CT molecular complexity index is 1440. The molecule has 2 N–H and O–H groups in total. The summed E-state index contributed by atoms with van der Waals surface area (Å²) in [6, 6.07) is 17.1. The van der Waals surface area contributed by atoms with Crippen LogP contribution in [0.15, 0.2) is 78.0 Å². The second kappa shape index (κ2) is 10.9. The normalized spacial score (nSPS) is 11.5. The lowest BCUT2D eigenvalue weighted by molar-refractivity contribution is 0.0952. The Kier molecular flexibility index (Phi) is 7.75. The second-order valence-electron chi connectivity index (χ2n) is 8.04. The van der Waals surface area contributed by atoms with Crippen molar-refractivity contribution in [2.24, 2.45) is 0 Å². The van der Waals surface area contributed by atoms with Gasteiger partial charge in [0.2, 0.25) is 10.0 Å². The van der Waals surface area contributed by atoms with Crippen molar-refractivity contribution in [1.29, 1.82) is 0 Å². The van der Waals surface area contributed by atoms with Crippen LogP contribution in [0.3, 0.4) is 0 Å². The number of hydrogen-bond acceptors (Lipinski definition) is 5. The molecule has 0 fully saturated rings. The molecule has 4 aromatic rings. The molecule has 0 aliphatic heterocycles. The smallest absolute Gasteiger partial charge is 0.252 e. The molecule has 0 atom stereocenters. The van der Waals surface area contributed by atoms with Crippen LogP contribution in [0.2, 0.25) is 5.02 Å². The van der Waals surface area contributed by atoms with E-state index in [1.807, 2.05) is 25.1 Å². The zero-order valence-corrected chi connectivity index (χ0v) is 20.7. The maximum absolute atomic E-state index is 13.3. The van der Waals surface area contributed by atoms with Crippen LogP contribution in [0, 0.1) is 0 Å². The third kappa shape index (κ3) is 6.03. The number of unbranched alkanes of at least 4 members (excludes halogenated alkanes) is 1. The van der Waals surface area contributed by atoms with Crippen LogP contribution in [0.1, 0.15) is 35.7 Å². The van der Waals surface area contributed by atoms with Crippen LogP contribution in [0.25, 0.3) is 22.2 Å². The zero-order valence-electron chi connectivity index (χ0n) is 19.2. The highest BCUT2D eigenvalue weighted by Crippen LogP contribution is 2.27. The molecule has 0 saturated heterocycles. The van der Waals surface area contributed by atoms with Crippen molar-refractivity contribution in [3.8, 4) is 11.3 Å². The quantitative estimate of drug-likeness (QED) is 0.311. The minimum Gasteiger partial charge on any atom is -0.348 e. The third-order valence-electron chi connectivity index (χ3n) is 5.48. The molecule has 7 nitrogen and oxygen atoms in total. The number of benzene rings is 2. The lowest BCUT2D eigenvalue weighted by atomic mass is 10.0. The first kappa shape index (κ1) is 24.8. The Morgan fingerprint density at radius 3 is 2.57 bits per heavy atom. The molecule has 0 unspecified atom stereocenters. The Morgan fingerprint density at radius 1 is 1.06 bits per heavy atom. The molecule has 2 aromatic carbocycles. The van der Waals surface area contributed by atoms with Gasteiger partial charge in [0.1, 0.15) is 0 Å². The highest BCUT2D eigenvalue weighted by molar-refractivity contribution is 7.89. The van der Waals surface area contributed by atoms with E-state index in [-0.39, 0.29) is 10.8 Å². The molecule has 0 bridgehead atoms. The van der Waals surface area contributed by atoms with Crippen LogP contribution >= 0.6 is 11.6 Å². The number of nitrogens with zero attached hydrogens (tertiary/aromatic N) is 2. The number of hydrogen-bond donors (Lipinski definition) is 2. The van der Waals surface area contributed by atoms with Crippen LogP contribution in [0.5, 0.6) is 0 Å². The van der Waals surface area contributed by atoms with Crippen molar-refractivity contribution >= 4 is 38.4 Å². The molecule has 9 heteroatoms. The van der Waals surface area contributed by atoms with Gasteiger partial charge in [0, 0.05) is 41.5 Å². The van der Waals surface area contributed by atoms with Gasteiger partial charge in [0.15, 0.2) is 0 Å². The predicted octanol–water partition coefficient (Wildman–Crippen LogP) is 4.96. The van der Waals surface area contributed by atoms with E-state index in [0.29, 0.717) is 40.3 Å². The second-order valence-corrected chi connectivity index (χ2v) is 10.2. The van der Waals surface area contributed by atoms with Crippen LogP contribution < -0.4 is 10.0 Å². The van der Waals surface area contributed by atoms with Crippen LogP contribution in [-0.2, 0) is 16.6 Å². The number of pyridine rings is 2. The molecular weight excluding hydrogens is 484 g/mol. The van der Waals surface area contributed by atoms with Crippen LogP contribution in [-0.4, -0.2) is 30.8 Å². The first-order valence-electron chi connectivity index (χ1n) is 11.2. The summed E-state index contributed by atoms with van der Waals surface area (Å²) in [6.07, 6.45) is 4.94. The molecule has 0 radical (unpaired) electrons. The number of sulfonamides is 1. The lowest BCUT2D eigenvalue weighted by Crippen LogP contribution is -2.25. The van der Waals surface area contributed by atoms with Crippen molar-refractivity contribution in [3.63, 3.8) is 0 Å².